The van der Waals surface area contributed by atoms with Crippen LogP contribution in [0.25, 0.3) is 10.6 Å². The van der Waals surface area contributed by atoms with E-state index in [2.05, 4.69) is 42.0 Å². The van der Waals surface area contributed by atoms with Gasteiger partial charge in [-0.05, 0) is 30.7 Å². The zero-order valence-electron chi connectivity index (χ0n) is 11.8. The normalized spacial score (nSPS) is 11.3. The molecule has 0 fully saturated rings. The molecule has 0 spiro atoms. The van der Waals surface area contributed by atoms with Crippen molar-refractivity contribution in [2.24, 2.45) is 0 Å². The molecule has 0 aliphatic heterocycles. The number of nitrogens with zero attached hydrogens (tertiary/aromatic N) is 1. The fourth-order valence-electron chi connectivity index (χ4n) is 1.96. The van der Waals surface area contributed by atoms with Gasteiger partial charge in [-0.15, -0.1) is 11.3 Å². The summed E-state index contributed by atoms with van der Waals surface area (Å²) in [6.07, 6.45) is 0. The maximum Gasteiger partial charge on any atom is 0.125 e. The van der Waals surface area contributed by atoms with Crippen molar-refractivity contribution < 1.29 is 4.39 Å². The lowest BCUT2D eigenvalue weighted by atomic mass is 10.1. The largest absolute Gasteiger partial charge is 0.312 e. The molecule has 0 bridgehead atoms. The molecule has 1 aromatic heterocycles. The standard InChI is InChI=1S/C15H18BrFN2S/c1-4-18-8-13-14(9(2)3)19-15(20-13)11-7-10(17)5-6-12(11)16/h5-7,9,18H,4,8H2,1-3H3. The summed E-state index contributed by atoms with van der Waals surface area (Å²) in [4.78, 5) is 5.95. The van der Waals surface area contributed by atoms with Gasteiger partial charge in [0.1, 0.15) is 10.8 Å². The maximum absolute atomic E-state index is 13.4. The van der Waals surface area contributed by atoms with E-state index in [9.17, 15) is 4.39 Å². The van der Waals surface area contributed by atoms with E-state index >= 15 is 0 Å². The third-order valence-corrected chi connectivity index (χ3v) is 4.76. The number of rotatable bonds is 5. The Kier molecular flexibility index (Phi) is 5.29. The van der Waals surface area contributed by atoms with Crippen LogP contribution >= 0.6 is 27.3 Å². The zero-order valence-corrected chi connectivity index (χ0v) is 14.2. The Hall–Kier alpha value is -0.780. The molecule has 0 aliphatic rings. The highest BCUT2D eigenvalue weighted by atomic mass is 79.9. The monoisotopic (exact) mass is 356 g/mol. The third-order valence-electron chi connectivity index (χ3n) is 2.97. The quantitative estimate of drug-likeness (QED) is 0.820. The average molecular weight is 357 g/mol. The van der Waals surface area contributed by atoms with Crippen molar-refractivity contribution >= 4 is 27.3 Å². The fourth-order valence-corrected chi connectivity index (χ4v) is 3.74. The maximum atomic E-state index is 13.4. The number of nitrogens with one attached hydrogen (secondary N) is 1. The molecule has 1 N–H and O–H groups in total. The Morgan fingerprint density at radius 3 is 2.80 bits per heavy atom. The Balaban J connectivity index is 2.44. The van der Waals surface area contributed by atoms with Gasteiger partial charge in [0.2, 0.25) is 0 Å². The van der Waals surface area contributed by atoms with Crippen LogP contribution in [-0.4, -0.2) is 11.5 Å². The number of benzene rings is 1. The minimum atomic E-state index is -0.238. The van der Waals surface area contributed by atoms with Crippen LogP contribution in [0.15, 0.2) is 22.7 Å². The minimum absolute atomic E-state index is 0.238. The highest BCUT2D eigenvalue weighted by molar-refractivity contribution is 9.10. The van der Waals surface area contributed by atoms with E-state index in [1.54, 1.807) is 17.4 Å². The molecule has 5 heteroatoms. The van der Waals surface area contributed by atoms with E-state index in [0.717, 1.165) is 33.8 Å². The predicted octanol–water partition coefficient (Wildman–Crippen LogP) is 4.94. The Bertz CT molecular complexity index is 596. The second-order valence-electron chi connectivity index (χ2n) is 4.89. The lowest BCUT2D eigenvalue weighted by molar-refractivity contribution is 0.628. The van der Waals surface area contributed by atoms with Crippen molar-refractivity contribution in [1.82, 2.24) is 10.3 Å². The molecule has 0 unspecified atom stereocenters. The molecule has 0 saturated heterocycles. The van der Waals surface area contributed by atoms with Gasteiger partial charge in [0.05, 0.1) is 5.69 Å². The lowest BCUT2D eigenvalue weighted by Crippen LogP contribution is -2.12. The summed E-state index contributed by atoms with van der Waals surface area (Å²) in [5, 5.41) is 4.20. The van der Waals surface area contributed by atoms with Crippen molar-refractivity contribution in [1.29, 1.82) is 0 Å². The molecule has 20 heavy (non-hydrogen) atoms. The Morgan fingerprint density at radius 1 is 1.40 bits per heavy atom. The second kappa shape index (κ2) is 6.78. The smallest absolute Gasteiger partial charge is 0.125 e. The van der Waals surface area contributed by atoms with E-state index in [-0.39, 0.29) is 5.82 Å². The topological polar surface area (TPSA) is 24.9 Å². The molecule has 108 valence electrons. The van der Waals surface area contributed by atoms with Crippen LogP contribution in [-0.2, 0) is 6.54 Å². The van der Waals surface area contributed by atoms with Gasteiger partial charge in [0.25, 0.3) is 0 Å². The van der Waals surface area contributed by atoms with Crippen molar-refractivity contribution in [3.8, 4) is 10.6 Å². The van der Waals surface area contributed by atoms with E-state index in [0.29, 0.717) is 5.92 Å². The van der Waals surface area contributed by atoms with Gasteiger partial charge in [-0.1, -0.05) is 36.7 Å². The first kappa shape index (κ1) is 15.6. The van der Waals surface area contributed by atoms with E-state index in [1.165, 1.54) is 17.0 Å². The van der Waals surface area contributed by atoms with Gasteiger partial charge in [0.15, 0.2) is 0 Å². The Morgan fingerprint density at radius 2 is 2.15 bits per heavy atom. The SMILES string of the molecule is CCNCc1sc(-c2cc(F)ccc2Br)nc1C(C)C. The molecule has 1 heterocycles. The molecule has 1 aromatic carbocycles. The molecule has 2 rings (SSSR count). The number of halogens is 2. The molecular weight excluding hydrogens is 339 g/mol. The first-order valence-electron chi connectivity index (χ1n) is 6.68. The summed E-state index contributed by atoms with van der Waals surface area (Å²) in [7, 11) is 0. The fraction of sp³-hybridized carbons (Fsp3) is 0.400. The molecule has 0 atom stereocenters. The van der Waals surface area contributed by atoms with Gasteiger partial charge in [-0.3, -0.25) is 0 Å². The molecule has 2 nitrogen and oxygen atoms in total. The second-order valence-corrected chi connectivity index (χ2v) is 6.82. The van der Waals surface area contributed by atoms with Crippen LogP contribution in [0, 0.1) is 5.82 Å². The van der Waals surface area contributed by atoms with Crippen LogP contribution in [0.1, 0.15) is 37.3 Å². The number of hydrogen-bond donors (Lipinski definition) is 1. The third kappa shape index (κ3) is 3.45. The van der Waals surface area contributed by atoms with E-state index in [1.807, 2.05) is 0 Å². The van der Waals surface area contributed by atoms with Crippen LogP contribution in [0.5, 0.6) is 0 Å². The number of hydrogen-bond acceptors (Lipinski definition) is 3. The van der Waals surface area contributed by atoms with Gasteiger partial charge in [0, 0.05) is 21.5 Å². The molecule has 0 aliphatic carbocycles. The average Bonchev–Trinajstić information content (AvgIpc) is 2.83. The van der Waals surface area contributed by atoms with Crippen LogP contribution < -0.4 is 5.32 Å². The minimum Gasteiger partial charge on any atom is -0.312 e. The summed E-state index contributed by atoms with van der Waals surface area (Å²) in [5.41, 5.74) is 1.92. The van der Waals surface area contributed by atoms with Gasteiger partial charge in [-0.2, -0.15) is 0 Å². The summed E-state index contributed by atoms with van der Waals surface area (Å²) in [6, 6.07) is 4.71. The Labute approximate surface area is 131 Å². The summed E-state index contributed by atoms with van der Waals surface area (Å²) >= 11 is 5.11. The highest BCUT2D eigenvalue weighted by Crippen LogP contribution is 2.35. The predicted molar refractivity (Wildman–Crippen MR) is 86.7 cm³/mol. The lowest BCUT2D eigenvalue weighted by Gasteiger charge is -2.04. The van der Waals surface area contributed by atoms with Gasteiger partial charge in [-0.25, -0.2) is 9.37 Å². The molecular formula is C15H18BrFN2S. The van der Waals surface area contributed by atoms with E-state index < -0.39 is 0 Å². The zero-order chi connectivity index (χ0) is 14.7. The highest BCUT2D eigenvalue weighted by Gasteiger charge is 2.16. The van der Waals surface area contributed by atoms with Crippen LogP contribution in [0.4, 0.5) is 4.39 Å². The van der Waals surface area contributed by atoms with Crippen LogP contribution in [0.3, 0.4) is 0 Å². The number of thiazole rings is 1. The molecule has 2 aromatic rings. The summed E-state index contributed by atoms with van der Waals surface area (Å²) < 4.78 is 14.3. The molecule has 0 radical (unpaired) electrons. The first-order valence-corrected chi connectivity index (χ1v) is 8.29. The summed E-state index contributed by atoms with van der Waals surface area (Å²) in [6.45, 7) is 8.09. The number of aromatic nitrogens is 1. The van der Waals surface area contributed by atoms with Crippen molar-refractivity contribution in [3.63, 3.8) is 0 Å². The molecule has 0 amide bonds. The molecule has 0 saturated carbocycles. The van der Waals surface area contributed by atoms with Crippen molar-refractivity contribution in [3.05, 3.63) is 39.1 Å². The van der Waals surface area contributed by atoms with Crippen molar-refractivity contribution in [2.45, 2.75) is 33.2 Å². The van der Waals surface area contributed by atoms with Gasteiger partial charge >= 0.3 is 0 Å². The van der Waals surface area contributed by atoms with E-state index in [4.69, 9.17) is 4.98 Å². The summed E-state index contributed by atoms with van der Waals surface area (Å²) in [5.74, 6) is 0.124. The van der Waals surface area contributed by atoms with Gasteiger partial charge < -0.3 is 5.32 Å². The van der Waals surface area contributed by atoms with Crippen molar-refractivity contribution in [2.75, 3.05) is 6.54 Å². The first-order chi connectivity index (χ1) is 9.52. The van der Waals surface area contributed by atoms with Crippen LogP contribution in [0.2, 0.25) is 0 Å².